The zero-order chi connectivity index (χ0) is 13.4. The number of rotatable bonds is 2. The topological polar surface area (TPSA) is 39.1 Å². The van der Waals surface area contributed by atoms with E-state index >= 15 is 0 Å². The van der Waals surface area contributed by atoms with E-state index in [9.17, 15) is 5.26 Å². The van der Waals surface area contributed by atoms with Crippen LogP contribution in [-0.4, -0.2) is 25.2 Å². The van der Waals surface area contributed by atoms with E-state index in [1.165, 1.54) is 12.8 Å². The van der Waals surface area contributed by atoms with Gasteiger partial charge in [0, 0.05) is 23.1 Å². The van der Waals surface area contributed by atoms with Gasteiger partial charge in [-0.1, -0.05) is 11.6 Å². The highest BCUT2D eigenvalue weighted by atomic mass is 35.5. The number of anilines is 1. The molecule has 2 fully saturated rings. The number of halogens is 1. The van der Waals surface area contributed by atoms with Crippen LogP contribution < -0.4 is 10.2 Å². The Kier molecular flexibility index (Phi) is 3.38. The highest BCUT2D eigenvalue weighted by Crippen LogP contribution is 2.41. The molecule has 0 spiro atoms. The smallest absolute Gasteiger partial charge is 0.101 e. The molecule has 1 N–H and O–H groups in total. The van der Waals surface area contributed by atoms with Gasteiger partial charge in [0.15, 0.2) is 0 Å². The molecule has 0 amide bonds. The summed E-state index contributed by atoms with van der Waals surface area (Å²) >= 11 is 6.12. The van der Waals surface area contributed by atoms with Crippen LogP contribution in [0.25, 0.3) is 0 Å². The first-order chi connectivity index (χ1) is 9.22. The second-order valence-electron chi connectivity index (χ2n) is 5.52. The standard InChI is InChI=1S/C15H18ClN3/c1-18-12-7-13-4-5-14(8-12)19(13)15-6-11(16)3-2-10(15)9-17/h2-3,6,12-14,18H,4-5,7-8H2,1H3. The van der Waals surface area contributed by atoms with Gasteiger partial charge in [-0.05, 0) is 50.9 Å². The fourth-order valence-electron chi connectivity index (χ4n) is 3.62. The molecule has 2 heterocycles. The minimum atomic E-state index is 0.543. The van der Waals surface area contributed by atoms with Crippen LogP contribution >= 0.6 is 11.6 Å². The highest BCUT2D eigenvalue weighted by molar-refractivity contribution is 6.30. The van der Waals surface area contributed by atoms with E-state index in [1.807, 2.05) is 19.2 Å². The summed E-state index contributed by atoms with van der Waals surface area (Å²) in [6.45, 7) is 0. The van der Waals surface area contributed by atoms with Gasteiger partial charge in [0.1, 0.15) is 6.07 Å². The van der Waals surface area contributed by atoms with Gasteiger partial charge in [-0.2, -0.15) is 5.26 Å². The van der Waals surface area contributed by atoms with Crippen LogP contribution in [0, 0.1) is 11.3 Å². The number of fused-ring (bicyclic) bond motifs is 2. The summed E-state index contributed by atoms with van der Waals surface area (Å²) in [5.41, 5.74) is 1.77. The van der Waals surface area contributed by atoms with E-state index in [-0.39, 0.29) is 0 Å². The van der Waals surface area contributed by atoms with Crippen LogP contribution in [0.4, 0.5) is 5.69 Å². The first-order valence-electron chi connectivity index (χ1n) is 6.88. The number of hydrogen-bond acceptors (Lipinski definition) is 3. The maximum Gasteiger partial charge on any atom is 0.101 e. The van der Waals surface area contributed by atoms with E-state index in [1.54, 1.807) is 6.07 Å². The molecule has 0 saturated carbocycles. The van der Waals surface area contributed by atoms with E-state index in [2.05, 4.69) is 16.3 Å². The van der Waals surface area contributed by atoms with Gasteiger partial charge in [0.2, 0.25) is 0 Å². The largest absolute Gasteiger partial charge is 0.364 e. The zero-order valence-corrected chi connectivity index (χ0v) is 11.8. The SMILES string of the molecule is CNC1CC2CCC(C1)N2c1cc(Cl)ccc1C#N. The average Bonchev–Trinajstić information content (AvgIpc) is 2.68. The average molecular weight is 276 g/mol. The third-order valence-corrected chi connectivity index (χ3v) is 4.73. The molecule has 100 valence electrons. The normalized spacial score (nSPS) is 29.3. The van der Waals surface area contributed by atoms with Crippen molar-refractivity contribution in [3.63, 3.8) is 0 Å². The van der Waals surface area contributed by atoms with Gasteiger partial charge in [0.25, 0.3) is 0 Å². The lowest BCUT2D eigenvalue weighted by atomic mass is 9.96. The molecule has 2 saturated heterocycles. The maximum atomic E-state index is 9.30. The number of hydrogen-bond donors (Lipinski definition) is 1. The molecule has 1 aromatic carbocycles. The van der Waals surface area contributed by atoms with Crippen molar-refractivity contribution in [1.29, 1.82) is 5.26 Å². The summed E-state index contributed by atoms with van der Waals surface area (Å²) < 4.78 is 0. The molecule has 0 radical (unpaired) electrons. The van der Waals surface area contributed by atoms with Gasteiger partial charge >= 0.3 is 0 Å². The fourth-order valence-corrected chi connectivity index (χ4v) is 3.79. The third-order valence-electron chi connectivity index (χ3n) is 4.50. The predicted octanol–water partition coefficient (Wildman–Crippen LogP) is 2.93. The van der Waals surface area contributed by atoms with Crippen molar-refractivity contribution in [2.75, 3.05) is 11.9 Å². The Morgan fingerprint density at radius 1 is 1.32 bits per heavy atom. The van der Waals surface area contributed by atoms with Crippen LogP contribution in [0.15, 0.2) is 18.2 Å². The summed E-state index contributed by atoms with van der Waals surface area (Å²) in [6.07, 6.45) is 4.76. The molecule has 2 aliphatic heterocycles. The fraction of sp³-hybridized carbons (Fsp3) is 0.533. The number of piperidine rings is 1. The number of nitrogens with one attached hydrogen (secondary N) is 1. The number of nitriles is 1. The van der Waals surface area contributed by atoms with Crippen molar-refractivity contribution >= 4 is 17.3 Å². The Bertz CT molecular complexity index is 509. The first kappa shape index (κ1) is 12.8. The second kappa shape index (κ2) is 5.03. The van der Waals surface area contributed by atoms with Crippen molar-refractivity contribution < 1.29 is 0 Å². The second-order valence-corrected chi connectivity index (χ2v) is 5.96. The van der Waals surface area contributed by atoms with Gasteiger partial charge in [-0.15, -0.1) is 0 Å². The number of nitrogens with zero attached hydrogens (tertiary/aromatic N) is 2. The van der Waals surface area contributed by atoms with E-state index < -0.39 is 0 Å². The molecule has 2 atom stereocenters. The molecule has 4 heteroatoms. The van der Waals surface area contributed by atoms with Crippen molar-refractivity contribution in [3.05, 3.63) is 28.8 Å². The predicted molar refractivity (Wildman–Crippen MR) is 77.5 cm³/mol. The van der Waals surface area contributed by atoms with Crippen molar-refractivity contribution in [1.82, 2.24) is 5.32 Å². The Morgan fingerprint density at radius 3 is 2.58 bits per heavy atom. The number of benzene rings is 1. The lowest BCUT2D eigenvalue weighted by Crippen LogP contribution is -2.48. The Labute approximate surface area is 119 Å². The molecule has 1 aromatic rings. The van der Waals surface area contributed by atoms with Crippen LogP contribution in [0.5, 0.6) is 0 Å². The van der Waals surface area contributed by atoms with Crippen molar-refractivity contribution in [3.8, 4) is 6.07 Å². The monoisotopic (exact) mass is 275 g/mol. The molecule has 19 heavy (non-hydrogen) atoms. The molecule has 3 nitrogen and oxygen atoms in total. The van der Waals surface area contributed by atoms with Crippen LogP contribution in [0.3, 0.4) is 0 Å². The van der Waals surface area contributed by atoms with E-state index in [4.69, 9.17) is 11.6 Å². The van der Waals surface area contributed by atoms with Crippen molar-refractivity contribution in [2.45, 2.75) is 43.8 Å². The van der Waals surface area contributed by atoms with Gasteiger partial charge < -0.3 is 10.2 Å². The molecule has 0 aromatic heterocycles. The van der Waals surface area contributed by atoms with Gasteiger partial charge in [0.05, 0.1) is 11.3 Å². The van der Waals surface area contributed by atoms with Crippen LogP contribution in [-0.2, 0) is 0 Å². The quantitative estimate of drug-likeness (QED) is 0.902. The lowest BCUT2D eigenvalue weighted by molar-refractivity contribution is 0.373. The van der Waals surface area contributed by atoms with Crippen molar-refractivity contribution in [2.24, 2.45) is 0 Å². The van der Waals surface area contributed by atoms with Crippen LogP contribution in [0.1, 0.15) is 31.2 Å². The molecular weight excluding hydrogens is 258 g/mol. The molecule has 2 unspecified atom stereocenters. The van der Waals surface area contributed by atoms with Crippen LogP contribution in [0.2, 0.25) is 5.02 Å². The molecular formula is C15H18ClN3. The maximum absolute atomic E-state index is 9.30. The summed E-state index contributed by atoms with van der Waals surface area (Å²) in [5.74, 6) is 0. The molecule has 0 aliphatic carbocycles. The minimum absolute atomic E-state index is 0.543. The summed E-state index contributed by atoms with van der Waals surface area (Å²) in [6, 6.07) is 9.58. The van der Waals surface area contributed by atoms with Gasteiger partial charge in [-0.3, -0.25) is 0 Å². The Morgan fingerprint density at radius 2 is 2.00 bits per heavy atom. The summed E-state index contributed by atoms with van der Waals surface area (Å²) in [5, 5.41) is 13.4. The lowest BCUT2D eigenvalue weighted by Gasteiger charge is -2.41. The molecule has 3 rings (SSSR count). The summed E-state index contributed by atoms with van der Waals surface area (Å²) in [4.78, 5) is 2.44. The Hall–Kier alpha value is -1.24. The third kappa shape index (κ3) is 2.20. The zero-order valence-electron chi connectivity index (χ0n) is 11.1. The van der Waals surface area contributed by atoms with Gasteiger partial charge in [-0.25, -0.2) is 0 Å². The minimum Gasteiger partial charge on any atom is -0.364 e. The molecule has 2 aliphatic rings. The molecule has 2 bridgehead atoms. The highest BCUT2D eigenvalue weighted by Gasteiger charge is 2.41. The van der Waals surface area contributed by atoms with E-state index in [0.717, 1.165) is 24.1 Å². The first-order valence-corrected chi connectivity index (χ1v) is 7.26. The van der Waals surface area contributed by atoms with E-state index in [0.29, 0.717) is 23.1 Å². The Balaban J connectivity index is 1.96. The summed E-state index contributed by atoms with van der Waals surface area (Å²) in [7, 11) is 2.04.